The highest BCUT2D eigenvalue weighted by Crippen LogP contribution is 2.18. The van der Waals surface area contributed by atoms with E-state index in [1.54, 1.807) is 48.5 Å². The predicted octanol–water partition coefficient (Wildman–Crippen LogP) is 4.92. The average molecular weight is 431 g/mol. The van der Waals surface area contributed by atoms with Crippen LogP contribution in [0.2, 0.25) is 0 Å². The standard InChI is InChI=1S/C20H16BrFN2O3/c1-12-2-7-15(22)16(10-12)24-19(25)11-13-3-5-14(6-4-13)23-20(26)17-8-9-18(21)27-17/h2-10H,11H2,1H3,(H,23,26)(H,24,25). The van der Waals surface area contributed by atoms with Gasteiger partial charge in [-0.3, -0.25) is 9.59 Å². The van der Waals surface area contributed by atoms with Gasteiger partial charge in [0.05, 0.1) is 12.1 Å². The van der Waals surface area contributed by atoms with Crippen molar-refractivity contribution in [3.05, 3.63) is 82.0 Å². The molecule has 0 saturated heterocycles. The summed E-state index contributed by atoms with van der Waals surface area (Å²) in [7, 11) is 0. The Hall–Kier alpha value is -2.93. The fraction of sp³-hybridized carbons (Fsp3) is 0.100. The maximum absolute atomic E-state index is 13.7. The van der Waals surface area contributed by atoms with Crippen molar-refractivity contribution in [2.24, 2.45) is 0 Å². The fourth-order valence-electron chi connectivity index (χ4n) is 2.45. The summed E-state index contributed by atoms with van der Waals surface area (Å²) in [5.41, 5.74) is 2.32. The lowest BCUT2D eigenvalue weighted by Gasteiger charge is -2.08. The number of carbonyl (C=O) groups excluding carboxylic acids is 2. The third-order valence-electron chi connectivity index (χ3n) is 3.77. The van der Waals surface area contributed by atoms with Gasteiger partial charge in [0, 0.05) is 5.69 Å². The van der Waals surface area contributed by atoms with Crippen molar-refractivity contribution in [3.8, 4) is 0 Å². The van der Waals surface area contributed by atoms with E-state index in [9.17, 15) is 14.0 Å². The van der Waals surface area contributed by atoms with Crippen LogP contribution in [0, 0.1) is 12.7 Å². The highest BCUT2D eigenvalue weighted by molar-refractivity contribution is 9.10. The van der Waals surface area contributed by atoms with E-state index in [0.717, 1.165) is 11.1 Å². The molecule has 0 aliphatic carbocycles. The largest absolute Gasteiger partial charge is 0.444 e. The van der Waals surface area contributed by atoms with Crippen LogP contribution >= 0.6 is 15.9 Å². The molecule has 1 aromatic heterocycles. The zero-order chi connectivity index (χ0) is 19.4. The molecule has 0 aliphatic heterocycles. The van der Waals surface area contributed by atoms with Crippen molar-refractivity contribution < 1.29 is 18.4 Å². The van der Waals surface area contributed by atoms with E-state index in [1.807, 2.05) is 6.92 Å². The molecule has 0 fully saturated rings. The second-order valence-electron chi connectivity index (χ2n) is 5.96. The lowest BCUT2D eigenvalue weighted by atomic mass is 10.1. The van der Waals surface area contributed by atoms with E-state index in [4.69, 9.17) is 4.42 Å². The summed E-state index contributed by atoms with van der Waals surface area (Å²) in [6.07, 6.45) is 0.0900. The molecule has 7 heteroatoms. The molecule has 3 rings (SSSR count). The van der Waals surface area contributed by atoms with Crippen LogP contribution in [0.5, 0.6) is 0 Å². The third kappa shape index (κ3) is 5.04. The number of benzene rings is 2. The monoisotopic (exact) mass is 430 g/mol. The summed E-state index contributed by atoms with van der Waals surface area (Å²) in [6, 6.07) is 14.5. The molecule has 2 N–H and O–H groups in total. The SMILES string of the molecule is Cc1ccc(F)c(NC(=O)Cc2ccc(NC(=O)c3ccc(Br)o3)cc2)c1. The quantitative estimate of drug-likeness (QED) is 0.602. The minimum atomic E-state index is -0.475. The van der Waals surface area contributed by atoms with Gasteiger partial charge < -0.3 is 15.1 Å². The smallest absolute Gasteiger partial charge is 0.291 e. The Morgan fingerprint density at radius 2 is 1.78 bits per heavy atom. The highest BCUT2D eigenvalue weighted by Gasteiger charge is 2.11. The van der Waals surface area contributed by atoms with Crippen LogP contribution in [0.15, 0.2) is 63.7 Å². The van der Waals surface area contributed by atoms with Crippen molar-refractivity contribution in [1.82, 2.24) is 0 Å². The van der Waals surface area contributed by atoms with Gasteiger partial charge in [0.1, 0.15) is 5.82 Å². The highest BCUT2D eigenvalue weighted by atomic mass is 79.9. The third-order valence-corrected chi connectivity index (χ3v) is 4.20. The van der Waals surface area contributed by atoms with Gasteiger partial charge in [0.2, 0.25) is 5.91 Å². The molecule has 0 radical (unpaired) electrons. The Morgan fingerprint density at radius 1 is 1.04 bits per heavy atom. The molecule has 138 valence electrons. The number of furan rings is 1. The normalized spacial score (nSPS) is 10.5. The van der Waals surface area contributed by atoms with Gasteiger partial charge >= 0.3 is 0 Å². The van der Waals surface area contributed by atoms with Gasteiger partial charge in [-0.15, -0.1) is 0 Å². The van der Waals surface area contributed by atoms with Crippen LogP contribution in [0.25, 0.3) is 0 Å². The average Bonchev–Trinajstić information content (AvgIpc) is 3.06. The number of nitrogens with one attached hydrogen (secondary N) is 2. The summed E-state index contributed by atoms with van der Waals surface area (Å²) in [5, 5.41) is 5.27. The molecule has 5 nitrogen and oxygen atoms in total. The Kier molecular flexibility index (Phi) is 5.71. The molecule has 2 amide bonds. The number of aryl methyl sites for hydroxylation is 1. The fourth-order valence-corrected chi connectivity index (χ4v) is 2.76. The maximum atomic E-state index is 13.7. The van der Waals surface area contributed by atoms with Crippen LogP contribution in [0.3, 0.4) is 0 Å². The van der Waals surface area contributed by atoms with Crippen LogP contribution in [0.4, 0.5) is 15.8 Å². The van der Waals surface area contributed by atoms with Crippen LogP contribution in [-0.4, -0.2) is 11.8 Å². The van der Waals surface area contributed by atoms with E-state index in [-0.39, 0.29) is 29.7 Å². The minimum absolute atomic E-state index is 0.0900. The molecule has 2 aromatic carbocycles. The second-order valence-corrected chi connectivity index (χ2v) is 6.74. The molecule has 0 bridgehead atoms. The number of hydrogen-bond donors (Lipinski definition) is 2. The number of amides is 2. The van der Waals surface area contributed by atoms with Crippen LogP contribution in [-0.2, 0) is 11.2 Å². The van der Waals surface area contributed by atoms with Gasteiger partial charge in [-0.05, 0) is 70.4 Å². The Bertz CT molecular complexity index is 983. The van der Waals surface area contributed by atoms with E-state index in [0.29, 0.717) is 10.4 Å². The summed E-state index contributed by atoms with van der Waals surface area (Å²) < 4.78 is 19.4. The van der Waals surface area contributed by atoms with E-state index in [2.05, 4.69) is 26.6 Å². The van der Waals surface area contributed by atoms with E-state index < -0.39 is 5.82 Å². The van der Waals surface area contributed by atoms with Crippen LogP contribution in [0.1, 0.15) is 21.7 Å². The number of carbonyl (C=O) groups is 2. The Balaban J connectivity index is 1.59. The first-order valence-corrected chi connectivity index (χ1v) is 8.91. The molecule has 27 heavy (non-hydrogen) atoms. The van der Waals surface area contributed by atoms with Gasteiger partial charge in [-0.2, -0.15) is 0 Å². The number of halogens is 2. The van der Waals surface area contributed by atoms with Gasteiger partial charge in [-0.25, -0.2) is 4.39 Å². The lowest BCUT2D eigenvalue weighted by Crippen LogP contribution is -2.15. The molecular weight excluding hydrogens is 415 g/mol. The molecule has 0 spiro atoms. The molecular formula is C20H16BrFN2O3. The summed E-state index contributed by atoms with van der Waals surface area (Å²) in [5.74, 6) is -0.986. The number of anilines is 2. The number of hydrogen-bond acceptors (Lipinski definition) is 3. The van der Waals surface area contributed by atoms with Crippen molar-refractivity contribution in [3.63, 3.8) is 0 Å². The first-order chi connectivity index (χ1) is 12.9. The summed E-state index contributed by atoms with van der Waals surface area (Å²) >= 11 is 3.14. The summed E-state index contributed by atoms with van der Waals surface area (Å²) in [6.45, 7) is 1.82. The maximum Gasteiger partial charge on any atom is 0.291 e. The van der Waals surface area contributed by atoms with E-state index >= 15 is 0 Å². The van der Waals surface area contributed by atoms with Crippen molar-refractivity contribution in [1.29, 1.82) is 0 Å². The Labute approximate surface area is 163 Å². The molecule has 0 atom stereocenters. The second kappa shape index (κ2) is 8.18. The first kappa shape index (κ1) is 18.8. The minimum Gasteiger partial charge on any atom is -0.444 e. The van der Waals surface area contributed by atoms with E-state index in [1.165, 1.54) is 6.07 Å². The van der Waals surface area contributed by atoms with Crippen molar-refractivity contribution in [2.45, 2.75) is 13.3 Å². The predicted molar refractivity (Wildman–Crippen MR) is 104 cm³/mol. The number of rotatable bonds is 5. The molecule has 0 unspecified atom stereocenters. The van der Waals surface area contributed by atoms with Crippen molar-refractivity contribution in [2.75, 3.05) is 10.6 Å². The van der Waals surface area contributed by atoms with Crippen LogP contribution < -0.4 is 10.6 Å². The molecule has 0 aliphatic rings. The Morgan fingerprint density at radius 3 is 2.44 bits per heavy atom. The zero-order valence-corrected chi connectivity index (χ0v) is 16.0. The van der Waals surface area contributed by atoms with Gasteiger partial charge in [-0.1, -0.05) is 18.2 Å². The van der Waals surface area contributed by atoms with Gasteiger partial charge in [0.15, 0.2) is 10.4 Å². The van der Waals surface area contributed by atoms with Gasteiger partial charge in [0.25, 0.3) is 5.91 Å². The zero-order valence-electron chi connectivity index (χ0n) is 14.4. The molecule has 1 heterocycles. The molecule has 0 saturated carbocycles. The topological polar surface area (TPSA) is 71.3 Å². The first-order valence-electron chi connectivity index (χ1n) is 8.12. The molecule has 3 aromatic rings. The lowest BCUT2D eigenvalue weighted by molar-refractivity contribution is -0.115. The van der Waals surface area contributed by atoms with Crippen molar-refractivity contribution >= 4 is 39.1 Å². The summed E-state index contributed by atoms with van der Waals surface area (Å²) in [4.78, 5) is 24.2.